The summed E-state index contributed by atoms with van der Waals surface area (Å²) in [4.78, 5) is 20.0. The van der Waals surface area contributed by atoms with E-state index in [1.165, 1.54) is 6.33 Å². The normalized spacial score (nSPS) is 12.1. The zero-order valence-electron chi connectivity index (χ0n) is 12.0. The van der Waals surface area contributed by atoms with Gasteiger partial charge in [-0.1, -0.05) is 0 Å². The molecular formula is C13H22N4O. The monoisotopic (exact) mass is 250 g/mol. The number of anilines is 1. The lowest BCUT2D eigenvalue weighted by atomic mass is 10.1. The molecule has 0 atom stereocenters. The van der Waals surface area contributed by atoms with Crippen molar-refractivity contribution in [1.82, 2.24) is 15.3 Å². The lowest BCUT2D eigenvalue weighted by molar-refractivity contribution is 0.0914. The number of hydrogen-bond donors (Lipinski definition) is 2. The molecule has 0 radical (unpaired) electrons. The lowest BCUT2D eigenvalue weighted by Gasteiger charge is -2.22. The SMILES string of the molecule is CC(C)(C)NC(=O)c1cc(NC(C)(C)C)ncn1. The van der Waals surface area contributed by atoms with Crippen molar-refractivity contribution in [2.24, 2.45) is 0 Å². The molecule has 1 amide bonds. The molecule has 1 aromatic rings. The molecule has 0 aliphatic heterocycles. The number of carbonyl (C=O) groups excluding carboxylic acids is 1. The van der Waals surface area contributed by atoms with Crippen LogP contribution in [-0.4, -0.2) is 27.0 Å². The Bertz CT molecular complexity index is 429. The lowest BCUT2D eigenvalue weighted by Crippen LogP contribution is -2.41. The van der Waals surface area contributed by atoms with Crippen molar-refractivity contribution in [2.75, 3.05) is 5.32 Å². The molecule has 1 rings (SSSR count). The molecule has 0 bridgehead atoms. The van der Waals surface area contributed by atoms with Crippen LogP contribution in [0.5, 0.6) is 0 Å². The molecule has 0 saturated carbocycles. The van der Waals surface area contributed by atoms with Crippen LogP contribution in [0.15, 0.2) is 12.4 Å². The second-order valence-electron chi connectivity index (χ2n) is 6.37. The molecule has 0 aliphatic rings. The van der Waals surface area contributed by atoms with E-state index in [9.17, 15) is 4.79 Å². The van der Waals surface area contributed by atoms with E-state index in [4.69, 9.17) is 0 Å². The molecule has 0 fully saturated rings. The fourth-order valence-corrected chi connectivity index (χ4v) is 1.34. The standard InChI is InChI=1S/C13H22N4O/c1-12(2,3)16-10-7-9(14-8-15-10)11(18)17-13(4,5)6/h7-8H,1-6H3,(H,17,18)(H,14,15,16). The molecule has 1 heterocycles. The zero-order valence-corrected chi connectivity index (χ0v) is 12.0. The third-order valence-electron chi connectivity index (χ3n) is 1.89. The number of aromatic nitrogens is 2. The topological polar surface area (TPSA) is 66.9 Å². The van der Waals surface area contributed by atoms with E-state index < -0.39 is 0 Å². The number of amides is 1. The number of carbonyl (C=O) groups is 1. The molecule has 5 heteroatoms. The van der Waals surface area contributed by atoms with E-state index >= 15 is 0 Å². The summed E-state index contributed by atoms with van der Waals surface area (Å²) in [6, 6.07) is 1.66. The van der Waals surface area contributed by atoms with Crippen LogP contribution in [0.1, 0.15) is 52.0 Å². The second kappa shape index (κ2) is 4.92. The fraction of sp³-hybridized carbons (Fsp3) is 0.615. The molecule has 1 aromatic heterocycles. The predicted octanol–water partition coefficient (Wildman–Crippen LogP) is 2.22. The van der Waals surface area contributed by atoms with Gasteiger partial charge in [-0.25, -0.2) is 9.97 Å². The Labute approximate surface area is 108 Å². The Balaban J connectivity index is 2.85. The molecule has 5 nitrogen and oxygen atoms in total. The predicted molar refractivity (Wildman–Crippen MR) is 72.6 cm³/mol. The highest BCUT2D eigenvalue weighted by Crippen LogP contribution is 2.12. The van der Waals surface area contributed by atoms with E-state index in [0.29, 0.717) is 11.5 Å². The maximum absolute atomic E-state index is 11.9. The Kier molecular flexibility index (Phi) is 3.94. The van der Waals surface area contributed by atoms with E-state index in [1.807, 2.05) is 41.5 Å². The van der Waals surface area contributed by atoms with Crippen molar-refractivity contribution >= 4 is 11.7 Å². The average molecular weight is 250 g/mol. The number of nitrogens with one attached hydrogen (secondary N) is 2. The minimum Gasteiger partial charge on any atom is -0.365 e. The van der Waals surface area contributed by atoms with Crippen LogP contribution >= 0.6 is 0 Å². The van der Waals surface area contributed by atoms with E-state index in [2.05, 4.69) is 20.6 Å². The maximum atomic E-state index is 11.9. The van der Waals surface area contributed by atoms with Gasteiger partial charge in [0.25, 0.3) is 5.91 Å². The zero-order chi connectivity index (χ0) is 14.0. The van der Waals surface area contributed by atoms with Crippen molar-refractivity contribution < 1.29 is 4.79 Å². The van der Waals surface area contributed by atoms with Crippen LogP contribution in [0.2, 0.25) is 0 Å². The third-order valence-corrected chi connectivity index (χ3v) is 1.89. The highest BCUT2D eigenvalue weighted by atomic mass is 16.2. The van der Waals surface area contributed by atoms with E-state index in [0.717, 1.165) is 0 Å². The smallest absolute Gasteiger partial charge is 0.270 e. The third kappa shape index (κ3) is 5.12. The number of hydrogen-bond acceptors (Lipinski definition) is 4. The van der Waals surface area contributed by atoms with Crippen molar-refractivity contribution in [3.63, 3.8) is 0 Å². The molecule has 0 spiro atoms. The van der Waals surface area contributed by atoms with Gasteiger partial charge in [0.1, 0.15) is 17.8 Å². The van der Waals surface area contributed by atoms with E-state index in [1.54, 1.807) is 6.07 Å². The van der Waals surface area contributed by atoms with Gasteiger partial charge >= 0.3 is 0 Å². The van der Waals surface area contributed by atoms with Crippen molar-refractivity contribution in [3.05, 3.63) is 18.1 Å². The summed E-state index contributed by atoms with van der Waals surface area (Å²) in [6.07, 6.45) is 1.39. The molecule has 2 N–H and O–H groups in total. The summed E-state index contributed by atoms with van der Waals surface area (Å²) in [7, 11) is 0. The summed E-state index contributed by atoms with van der Waals surface area (Å²) < 4.78 is 0. The van der Waals surface area contributed by atoms with Gasteiger partial charge in [-0.15, -0.1) is 0 Å². The van der Waals surface area contributed by atoms with Gasteiger partial charge in [0.05, 0.1) is 0 Å². The van der Waals surface area contributed by atoms with Gasteiger partial charge in [-0.3, -0.25) is 4.79 Å². The molecule has 18 heavy (non-hydrogen) atoms. The van der Waals surface area contributed by atoms with Crippen molar-refractivity contribution in [3.8, 4) is 0 Å². The maximum Gasteiger partial charge on any atom is 0.270 e. The first-order valence-electron chi connectivity index (χ1n) is 6.00. The summed E-state index contributed by atoms with van der Waals surface area (Å²) in [6.45, 7) is 11.9. The Morgan fingerprint density at radius 2 is 1.67 bits per heavy atom. The summed E-state index contributed by atoms with van der Waals surface area (Å²) in [5.74, 6) is 0.457. The minimum atomic E-state index is -0.278. The highest BCUT2D eigenvalue weighted by Gasteiger charge is 2.17. The average Bonchev–Trinajstić information content (AvgIpc) is 2.12. The van der Waals surface area contributed by atoms with Crippen molar-refractivity contribution in [2.45, 2.75) is 52.6 Å². The minimum absolute atomic E-state index is 0.105. The summed E-state index contributed by atoms with van der Waals surface area (Å²) in [5.41, 5.74) is -0.0159. The van der Waals surface area contributed by atoms with E-state index in [-0.39, 0.29) is 17.0 Å². The summed E-state index contributed by atoms with van der Waals surface area (Å²) in [5, 5.41) is 6.08. The second-order valence-corrected chi connectivity index (χ2v) is 6.37. The quantitative estimate of drug-likeness (QED) is 0.844. The largest absolute Gasteiger partial charge is 0.365 e. The molecule has 0 aliphatic carbocycles. The molecule has 0 aromatic carbocycles. The molecule has 0 saturated heterocycles. The van der Waals surface area contributed by atoms with Gasteiger partial charge in [-0.05, 0) is 41.5 Å². The van der Waals surface area contributed by atoms with Gasteiger partial charge < -0.3 is 10.6 Å². The number of nitrogens with zero attached hydrogens (tertiary/aromatic N) is 2. The first kappa shape index (κ1) is 14.4. The van der Waals surface area contributed by atoms with Crippen LogP contribution in [-0.2, 0) is 0 Å². The van der Waals surface area contributed by atoms with Crippen molar-refractivity contribution in [1.29, 1.82) is 0 Å². The van der Waals surface area contributed by atoms with Crippen LogP contribution in [0.4, 0.5) is 5.82 Å². The Morgan fingerprint density at radius 3 is 2.17 bits per heavy atom. The molecular weight excluding hydrogens is 228 g/mol. The van der Waals surface area contributed by atoms with Gasteiger partial charge in [0.15, 0.2) is 0 Å². The van der Waals surface area contributed by atoms with Gasteiger partial charge in [0.2, 0.25) is 0 Å². The molecule has 0 unspecified atom stereocenters. The van der Waals surface area contributed by atoms with Crippen LogP contribution in [0, 0.1) is 0 Å². The van der Waals surface area contributed by atoms with Crippen LogP contribution in [0.3, 0.4) is 0 Å². The van der Waals surface area contributed by atoms with Crippen LogP contribution < -0.4 is 10.6 Å². The fourth-order valence-electron chi connectivity index (χ4n) is 1.34. The van der Waals surface area contributed by atoms with Gasteiger partial charge in [0, 0.05) is 17.1 Å². The number of rotatable bonds is 2. The molecule has 100 valence electrons. The first-order chi connectivity index (χ1) is 8.07. The Hall–Kier alpha value is -1.65. The first-order valence-corrected chi connectivity index (χ1v) is 6.00. The summed E-state index contributed by atoms with van der Waals surface area (Å²) >= 11 is 0. The van der Waals surface area contributed by atoms with Crippen LogP contribution in [0.25, 0.3) is 0 Å². The highest BCUT2D eigenvalue weighted by molar-refractivity contribution is 5.93. The van der Waals surface area contributed by atoms with Gasteiger partial charge in [-0.2, -0.15) is 0 Å². The Morgan fingerprint density at radius 1 is 1.06 bits per heavy atom.